The Morgan fingerprint density at radius 3 is 3.12 bits per heavy atom. The van der Waals surface area contributed by atoms with E-state index in [1.165, 1.54) is 0 Å². The van der Waals surface area contributed by atoms with E-state index in [1.54, 1.807) is 6.21 Å². The van der Waals surface area contributed by atoms with Gasteiger partial charge in [-0.15, -0.1) is 0 Å². The number of nitrogens with zero attached hydrogens (tertiary/aromatic N) is 1. The van der Waals surface area contributed by atoms with Crippen LogP contribution in [-0.2, 0) is 4.79 Å². The number of nitrogens with one attached hydrogen (secondary N) is 1. The molecule has 1 aliphatic rings. The van der Waals surface area contributed by atoms with Crippen LogP contribution in [0.4, 0.5) is 0 Å². The standard InChI is InChI=1S/C5H8N2O/c8-4-5-2-1-3-6-7-5/h3-5,7H,1-2H2. The lowest BCUT2D eigenvalue weighted by atomic mass is 10.2. The van der Waals surface area contributed by atoms with Gasteiger partial charge in [0, 0.05) is 6.21 Å². The van der Waals surface area contributed by atoms with Gasteiger partial charge in [0.05, 0.1) is 6.04 Å². The van der Waals surface area contributed by atoms with Crippen LogP contribution in [0.15, 0.2) is 5.10 Å². The Kier molecular flexibility index (Phi) is 1.62. The smallest absolute Gasteiger partial charge is 0.143 e. The molecule has 0 bridgehead atoms. The second kappa shape index (κ2) is 2.45. The van der Waals surface area contributed by atoms with Crippen LogP contribution in [-0.4, -0.2) is 18.5 Å². The number of hydrogen-bond acceptors (Lipinski definition) is 3. The van der Waals surface area contributed by atoms with Gasteiger partial charge in [0.25, 0.3) is 0 Å². The average molecular weight is 112 g/mol. The Bertz CT molecular complexity index is 111. The first-order chi connectivity index (χ1) is 3.93. The first kappa shape index (κ1) is 5.28. The van der Waals surface area contributed by atoms with Crippen molar-refractivity contribution in [3.8, 4) is 0 Å². The molecule has 1 rings (SSSR count). The van der Waals surface area contributed by atoms with Gasteiger partial charge in [-0.25, -0.2) is 0 Å². The fourth-order valence-electron chi connectivity index (χ4n) is 0.630. The molecule has 44 valence electrons. The summed E-state index contributed by atoms with van der Waals surface area (Å²) in [6.07, 6.45) is 4.46. The summed E-state index contributed by atoms with van der Waals surface area (Å²) in [6, 6.07) is -0.0417. The van der Waals surface area contributed by atoms with Gasteiger partial charge in [-0.2, -0.15) is 5.10 Å². The van der Waals surface area contributed by atoms with E-state index in [0.29, 0.717) is 0 Å². The van der Waals surface area contributed by atoms with Gasteiger partial charge < -0.3 is 10.2 Å². The molecule has 0 spiro atoms. The molecule has 0 fully saturated rings. The molecule has 0 aliphatic carbocycles. The van der Waals surface area contributed by atoms with Crippen LogP contribution in [0, 0.1) is 0 Å². The number of rotatable bonds is 1. The lowest BCUT2D eigenvalue weighted by Gasteiger charge is -2.11. The summed E-state index contributed by atoms with van der Waals surface area (Å²) in [5.41, 5.74) is 2.67. The van der Waals surface area contributed by atoms with Gasteiger partial charge in [0.2, 0.25) is 0 Å². The zero-order chi connectivity index (χ0) is 5.82. The Morgan fingerprint density at radius 1 is 1.88 bits per heavy atom. The van der Waals surface area contributed by atoms with E-state index < -0.39 is 0 Å². The fraction of sp³-hybridized carbons (Fsp3) is 0.600. The molecule has 0 saturated heterocycles. The Morgan fingerprint density at radius 2 is 2.75 bits per heavy atom. The largest absolute Gasteiger partial charge is 0.301 e. The van der Waals surface area contributed by atoms with Crippen LogP contribution in [0.3, 0.4) is 0 Å². The molecule has 1 unspecified atom stereocenters. The van der Waals surface area contributed by atoms with Crippen molar-refractivity contribution in [2.75, 3.05) is 0 Å². The molecule has 3 heteroatoms. The number of hydrogen-bond donors (Lipinski definition) is 1. The lowest BCUT2D eigenvalue weighted by molar-refractivity contribution is -0.109. The highest BCUT2D eigenvalue weighted by atomic mass is 16.1. The highest BCUT2D eigenvalue weighted by Crippen LogP contribution is 1.95. The van der Waals surface area contributed by atoms with Gasteiger partial charge in [0.15, 0.2) is 0 Å². The number of carbonyl (C=O) groups excluding carboxylic acids is 1. The summed E-state index contributed by atoms with van der Waals surface area (Å²) in [7, 11) is 0. The minimum atomic E-state index is -0.0417. The Balaban J connectivity index is 2.37. The highest BCUT2D eigenvalue weighted by molar-refractivity contribution is 5.63. The van der Waals surface area contributed by atoms with E-state index in [0.717, 1.165) is 19.1 Å². The second-order valence-electron chi connectivity index (χ2n) is 1.76. The minimum Gasteiger partial charge on any atom is -0.301 e. The molecular formula is C5H8N2O. The van der Waals surface area contributed by atoms with Crippen molar-refractivity contribution in [3.63, 3.8) is 0 Å². The Labute approximate surface area is 47.8 Å². The van der Waals surface area contributed by atoms with Gasteiger partial charge in [-0.1, -0.05) is 0 Å². The molecule has 0 radical (unpaired) electrons. The molecule has 1 atom stereocenters. The van der Waals surface area contributed by atoms with E-state index in [1.807, 2.05) is 0 Å². The first-order valence-electron chi connectivity index (χ1n) is 2.66. The van der Waals surface area contributed by atoms with Gasteiger partial charge >= 0.3 is 0 Å². The summed E-state index contributed by atoms with van der Waals surface area (Å²) in [4.78, 5) is 10.0. The van der Waals surface area contributed by atoms with Crippen molar-refractivity contribution in [1.82, 2.24) is 5.43 Å². The zero-order valence-electron chi connectivity index (χ0n) is 4.50. The van der Waals surface area contributed by atoms with Gasteiger partial charge in [-0.05, 0) is 12.8 Å². The Hall–Kier alpha value is -0.860. The minimum absolute atomic E-state index is 0.0417. The van der Waals surface area contributed by atoms with Crippen molar-refractivity contribution in [3.05, 3.63) is 0 Å². The van der Waals surface area contributed by atoms with Crippen molar-refractivity contribution in [2.45, 2.75) is 18.9 Å². The maximum Gasteiger partial charge on any atom is 0.143 e. The highest BCUT2D eigenvalue weighted by Gasteiger charge is 2.05. The monoisotopic (exact) mass is 112 g/mol. The lowest BCUT2D eigenvalue weighted by Crippen LogP contribution is -2.28. The van der Waals surface area contributed by atoms with Crippen molar-refractivity contribution < 1.29 is 4.79 Å². The fourth-order valence-corrected chi connectivity index (χ4v) is 0.630. The number of hydrazone groups is 1. The van der Waals surface area contributed by atoms with E-state index in [4.69, 9.17) is 0 Å². The predicted molar refractivity (Wildman–Crippen MR) is 30.7 cm³/mol. The molecule has 0 amide bonds. The van der Waals surface area contributed by atoms with E-state index >= 15 is 0 Å². The van der Waals surface area contributed by atoms with E-state index in [9.17, 15) is 4.79 Å². The normalized spacial score (nSPS) is 26.8. The summed E-state index contributed by atoms with van der Waals surface area (Å²) >= 11 is 0. The zero-order valence-corrected chi connectivity index (χ0v) is 4.50. The van der Waals surface area contributed by atoms with Crippen molar-refractivity contribution >= 4 is 12.5 Å². The number of carbonyl (C=O) groups is 1. The van der Waals surface area contributed by atoms with Crippen LogP contribution in [0.1, 0.15) is 12.8 Å². The van der Waals surface area contributed by atoms with Crippen LogP contribution in [0.2, 0.25) is 0 Å². The molecule has 1 N–H and O–H groups in total. The van der Waals surface area contributed by atoms with Gasteiger partial charge in [0.1, 0.15) is 6.29 Å². The summed E-state index contributed by atoms with van der Waals surface area (Å²) < 4.78 is 0. The molecule has 1 aliphatic heterocycles. The quantitative estimate of drug-likeness (QED) is 0.482. The second-order valence-corrected chi connectivity index (χ2v) is 1.76. The molecule has 0 aromatic carbocycles. The van der Waals surface area contributed by atoms with Crippen LogP contribution in [0.25, 0.3) is 0 Å². The predicted octanol–water partition coefficient (Wildman–Crippen LogP) is -0.0769. The molecule has 0 aromatic heterocycles. The molecule has 0 aromatic rings. The third-order valence-corrected chi connectivity index (χ3v) is 1.10. The van der Waals surface area contributed by atoms with Gasteiger partial charge in [-0.3, -0.25) is 0 Å². The van der Waals surface area contributed by atoms with Crippen molar-refractivity contribution in [2.24, 2.45) is 5.10 Å². The van der Waals surface area contributed by atoms with Crippen molar-refractivity contribution in [1.29, 1.82) is 0 Å². The first-order valence-corrected chi connectivity index (χ1v) is 2.66. The van der Waals surface area contributed by atoms with E-state index in [2.05, 4.69) is 10.5 Å². The summed E-state index contributed by atoms with van der Waals surface area (Å²) in [6.45, 7) is 0. The third kappa shape index (κ3) is 1.05. The molecule has 0 saturated carbocycles. The topological polar surface area (TPSA) is 41.5 Å². The third-order valence-electron chi connectivity index (χ3n) is 1.10. The number of aldehydes is 1. The molecule has 3 nitrogen and oxygen atoms in total. The average Bonchev–Trinajstić information content (AvgIpc) is 1.90. The SMILES string of the molecule is O=CC1CCC=NN1. The van der Waals surface area contributed by atoms with Crippen LogP contribution < -0.4 is 5.43 Å². The van der Waals surface area contributed by atoms with Crippen LogP contribution >= 0.6 is 0 Å². The molecular weight excluding hydrogens is 104 g/mol. The maximum atomic E-state index is 10.0. The molecule has 8 heavy (non-hydrogen) atoms. The summed E-state index contributed by atoms with van der Waals surface area (Å²) in [5.74, 6) is 0. The maximum absolute atomic E-state index is 10.0. The van der Waals surface area contributed by atoms with E-state index in [-0.39, 0.29) is 6.04 Å². The summed E-state index contributed by atoms with van der Waals surface area (Å²) in [5, 5.41) is 3.72. The molecule has 1 heterocycles. The van der Waals surface area contributed by atoms with Crippen LogP contribution in [0.5, 0.6) is 0 Å².